The number of alkyl halides is 3. The van der Waals surface area contributed by atoms with Crippen LogP contribution in [0.5, 0.6) is 0 Å². The average Bonchev–Trinajstić information content (AvgIpc) is 2.48. The van der Waals surface area contributed by atoms with Crippen molar-refractivity contribution in [2.75, 3.05) is 19.7 Å². The predicted molar refractivity (Wildman–Crippen MR) is 51.6 cm³/mol. The molecule has 0 saturated heterocycles. The summed E-state index contributed by atoms with van der Waals surface area (Å²) in [4.78, 5) is 1.11. The lowest BCUT2D eigenvalue weighted by Gasteiger charge is -2.21. The van der Waals surface area contributed by atoms with Crippen LogP contribution in [0.15, 0.2) is 12.3 Å². The highest BCUT2D eigenvalue weighted by molar-refractivity contribution is 4.98. The maximum absolute atomic E-state index is 12.2. The van der Waals surface area contributed by atoms with Gasteiger partial charge in [-0.15, -0.1) is 0 Å². The van der Waals surface area contributed by atoms with Gasteiger partial charge in [0.05, 0.1) is 18.8 Å². The number of rotatable bonds is 5. The largest absolute Gasteiger partial charge is 0.401 e. The van der Waals surface area contributed by atoms with Crippen molar-refractivity contribution in [2.45, 2.75) is 12.7 Å². The number of aliphatic hydroxyl groups excluding tert-OH is 1. The third-order valence-electron chi connectivity index (χ3n) is 1.97. The zero-order chi connectivity index (χ0) is 12.2. The zero-order valence-corrected chi connectivity index (χ0v) is 8.91. The zero-order valence-electron chi connectivity index (χ0n) is 8.91. The summed E-state index contributed by atoms with van der Waals surface area (Å²) >= 11 is 0. The lowest BCUT2D eigenvalue weighted by atomic mass is 10.3. The molecular weight excluding hydrogens is 223 g/mol. The molecular formula is C9H14F3N3O. The molecule has 1 aromatic rings. The van der Waals surface area contributed by atoms with Gasteiger partial charge in [0.15, 0.2) is 0 Å². The molecule has 0 atom stereocenters. The first kappa shape index (κ1) is 13.0. The van der Waals surface area contributed by atoms with E-state index < -0.39 is 12.7 Å². The first-order chi connectivity index (χ1) is 7.40. The topological polar surface area (TPSA) is 41.3 Å². The maximum atomic E-state index is 12.2. The van der Waals surface area contributed by atoms with Crippen LogP contribution in [-0.4, -0.2) is 45.7 Å². The van der Waals surface area contributed by atoms with E-state index in [-0.39, 0.29) is 19.7 Å². The van der Waals surface area contributed by atoms with E-state index in [2.05, 4.69) is 5.10 Å². The molecule has 1 aromatic heterocycles. The molecule has 0 aliphatic heterocycles. The molecule has 0 bridgehead atoms. The molecule has 1 rings (SSSR count). The third-order valence-corrected chi connectivity index (χ3v) is 1.97. The Balaban J connectivity index is 2.57. The van der Waals surface area contributed by atoms with Crippen molar-refractivity contribution in [1.82, 2.24) is 14.7 Å². The van der Waals surface area contributed by atoms with Gasteiger partial charge in [0.1, 0.15) is 0 Å². The van der Waals surface area contributed by atoms with E-state index in [0.717, 1.165) is 4.90 Å². The van der Waals surface area contributed by atoms with E-state index in [4.69, 9.17) is 5.11 Å². The predicted octanol–water partition coefficient (Wildman–Crippen LogP) is 0.777. The Hall–Kier alpha value is -1.08. The van der Waals surface area contributed by atoms with Crippen molar-refractivity contribution in [2.24, 2.45) is 7.05 Å². The summed E-state index contributed by atoms with van der Waals surface area (Å²) in [5.74, 6) is 0. The van der Waals surface area contributed by atoms with Crippen molar-refractivity contribution in [3.63, 3.8) is 0 Å². The van der Waals surface area contributed by atoms with Crippen molar-refractivity contribution in [1.29, 1.82) is 0 Å². The van der Waals surface area contributed by atoms with Gasteiger partial charge in [0.2, 0.25) is 0 Å². The number of aromatic nitrogens is 2. The quantitative estimate of drug-likeness (QED) is 0.822. The molecule has 92 valence electrons. The number of nitrogens with zero attached hydrogens (tertiary/aromatic N) is 3. The Bertz CT molecular complexity index is 324. The summed E-state index contributed by atoms with van der Waals surface area (Å²) in [6.07, 6.45) is -2.59. The Morgan fingerprint density at radius 1 is 1.50 bits per heavy atom. The van der Waals surface area contributed by atoms with Gasteiger partial charge in [-0.1, -0.05) is 0 Å². The second-order valence-corrected chi connectivity index (χ2v) is 3.53. The lowest BCUT2D eigenvalue weighted by Crippen LogP contribution is -2.35. The van der Waals surface area contributed by atoms with Crippen molar-refractivity contribution in [3.8, 4) is 0 Å². The fraction of sp³-hybridized carbons (Fsp3) is 0.667. The van der Waals surface area contributed by atoms with Gasteiger partial charge in [-0.05, 0) is 6.07 Å². The van der Waals surface area contributed by atoms with Gasteiger partial charge in [0.25, 0.3) is 0 Å². The van der Waals surface area contributed by atoms with Crippen molar-refractivity contribution < 1.29 is 18.3 Å². The molecule has 1 N–H and O–H groups in total. The molecule has 0 aliphatic rings. The molecule has 0 amide bonds. The van der Waals surface area contributed by atoms with Crippen LogP contribution in [0.3, 0.4) is 0 Å². The average molecular weight is 237 g/mol. The highest BCUT2D eigenvalue weighted by atomic mass is 19.4. The molecule has 0 spiro atoms. The Morgan fingerprint density at radius 2 is 2.19 bits per heavy atom. The summed E-state index contributed by atoms with van der Waals surface area (Å²) in [7, 11) is 1.70. The van der Waals surface area contributed by atoms with E-state index in [1.165, 1.54) is 4.68 Å². The normalized spacial score (nSPS) is 12.4. The number of hydrogen-bond acceptors (Lipinski definition) is 3. The highest BCUT2D eigenvalue weighted by Gasteiger charge is 2.30. The smallest absolute Gasteiger partial charge is 0.395 e. The number of halogens is 3. The van der Waals surface area contributed by atoms with E-state index >= 15 is 0 Å². The van der Waals surface area contributed by atoms with Crippen molar-refractivity contribution >= 4 is 0 Å². The fourth-order valence-corrected chi connectivity index (χ4v) is 1.39. The van der Waals surface area contributed by atoms with Crippen LogP contribution in [0.2, 0.25) is 0 Å². The maximum Gasteiger partial charge on any atom is 0.401 e. The standard InChI is InChI=1S/C9H14F3N3O/c1-14-3-2-8(13-14)6-15(4-5-16)7-9(10,11)12/h2-3,16H,4-7H2,1H3. The van der Waals surface area contributed by atoms with E-state index in [1.807, 2.05) is 0 Å². The lowest BCUT2D eigenvalue weighted by molar-refractivity contribution is -0.148. The molecule has 0 fully saturated rings. The van der Waals surface area contributed by atoms with Crippen LogP contribution in [0.4, 0.5) is 13.2 Å². The molecule has 0 radical (unpaired) electrons. The van der Waals surface area contributed by atoms with Crippen molar-refractivity contribution in [3.05, 3.63) is 18.0 Å². The van der Waals surface area contributed by atoms with E-state index in [0.29, 0.717) is 5.69 Å². The Morgan fingerprint density at radius 3 is 2.62 bits per heavy atom. The van der Waals surface area contributed by atoms with Crippen LogP contribution in [0.25, 0.3) is 0 Å². The Labute approximate surface area is 91.3 Å². The second kappa shape index (κ2) is 5.31. The van der Waals surface area contributed by atoms with Gasteiger partial charge in [0, 0.05) is 26.3 Å². The minimum atomic E-state index is -4.26. The summed E-state index contributed by atoms with van der Waals surface area (Å²) in [5.41, 5.74) is 0.556. The van der Waals surface area contributed by atoms with E-state index in [1.54, 1.807) is 19.3 Å². The summed E-state index contributed by atoms with van der Waals surface area (Å²) in [5, 5.41) is 12.7. The van der Waals surface area contributed by atoms with Gasteiger partial charge in [-0.3, -0.25) is 9.58 Å². The Kier molecular flexibility index (Phi) is 4.31. The SMILES string of the molecule is Cn1ccc(CN(CCO)CC(F)(F)F)n1. The summed E-state index contributed by atoms with van der Waals surface area (Å²) in [6, 6.07) is 1.65. The van der Waals surface area contributed by atoms with E-state index in [9.17, 15) is 13.2 Å². The minimum Gasteiger partial charge on any atom is -0.395 e. The summed E-state index contributed by atoms with van der Waals surface area (Å²) in [6.45, 7) is -1.27. The van der Waals surface area contributed by atoms with Crippen LogP contribution >= 0.6 is 0 Å². The molecule has 0 unspecified atom stereocenters. The molecule has 4 nitrogen and oxygen atoms in total. The molecule has 7 heteroatoms. The highest BCUT2D eigenvalue weighted by Crippen LogP contribution is 2.17. The minimum absolute atomic E-state index is 0.0178. The fourth-order valence-electron chi connectivity index (χ4n) is 1.39. The van der Waals surface area contributed by atoms with Crippen LogP contribution in [0, 0.1) is 0 Å². The number of aliphatic hydroxyl groups is 1. The first-order valence-electron chi connectivity index (χ1n) is 4.79. The second-order valence-electron chi connectivity index (χ2n) is 3.53. The van der Waals surface area contributed by atoms with Gasteiger partial charge >= 0.3 is 6.18 Å². The molecule has 0 saturated carbocycles. The molecule has 0 aromatic carbocycles. The van der Waals surface area contributed by atoms with Gasteiger partial charge in [-0.25, -0.2) is 0 Å². The summed E-state index contributed by atoms with van der Waals surface area (Å²) < 4.78 is 38.1. The van der Waals surface area contributed by atoms with Gasteiger partial charge < -0.3 is 5.11 Å². The van der Waals surface area contributed by atoms with Crippen LogP contribution in [-0.2, 0) is 13.6 Å². The number of hydrogen-bond donors (Lipinski definition) is 1. The van der Waals surface area contributed by atoms with Gasteiger partial charge in [-0.2, -0.15) is 18.3 Å². The monoisotopic (exact) mass is 237 g/mol. The first-order valence-corrected chi connectivity index (χ1v) is 4.79. The number of aryl methyl sites for hydroxylation is 1. The molecule has 1 heterocycles. The molecule has 0 aliphatic carbocycles. The molecule has 16 heavy (non-hydrogen) atoms. The third kappa shape index (κ3) is 4.63. The van der Waals surface area contributed by atoms with Crippen LogP contribution < -0.4 is 0 Å². The van der Waals surface area contributed by atoms with Crippen LogP contribution in [0.1, 0.15) is 5.69 Å².